The maximum atomic E-state index is 12.5. The van der Waals surface area contributed by atoms with Gasteiger partial charge in [0.05, 0.1) is 25.2 Å². The zero-order valence-corrected chi connectivity index (χ0v) is 12.5. The summed E-state index contributed by atoms with van der Waals surface area (Å²) in [4.78, 5) is 27.3. The third-order valence-electron chi connectivity index (χ3n) is 3.86. The van der Waals surface area contributed by atoms with Crippen LogP contribution in [0, 0.1) is 0 Å². The summed E-state index contributed by atoms with van der Waals surface area (Å²) in [5.74, 6) is 1.95. The van der Waals surface area contributed by atoms with Crippen LogP contribution in [0.3, 0.4) is 0 Å². The summed E-state index contributed by atoms with van der Waals surface area (Å²) in [5, 5.41) is 0.600. The van der Waals surface area contributed by atoms with Gasteiger partial charge in [-0.1, -0.05) is 11.6 Å². The average Bonchev–Trinajstić information content (AvgIpc) is 2.76. The molecule has 0 radical (unpaired) electrons. The Balaban J connectivity index is 1.81. The van der Waals surface area contributed by atoms with Crippen LogP contribution >= 0.6 is 23.4 Å². The van der Waals surface area contributed by atoms with Gasteiger partial charge in [-0.15, -0.1) is 0 Å². The molecule has 2 saturated heterocycles. The summed E-state index contributed by atoms with van der Waals surface area (Å²) in [7, 11) is 0. The van der Waals surface area contributed by atoms with E-state index in [1.165, 1.54) is 9.80 Å². The number of carbonyl (C=O) groups excluding carboxylic acids is 2. The van der Waals surface area contributed by atoms with Crippen molar-refractivity contribution in [1.29, 1.82) is 0 Å². The van der Waals surface area contributed by atoms with Crippen LogP contribution in [-0.4, -0.2) is 42.5 Å². The van der Waals surface area contributed by atoms with E-state index in [1.54, 1.807) is 24.3 Å². The number of hydrogen-bond donors (Lipinski definition) is 1. The predicted octanol–water partition coefficient (Wildman–Crippen LogP) is 0.604. The van der Waals surface area contributed by atoms with Gasteiger partial charge in [0, 0.05) is 16.5 Å². The van der Waals surface area contributed by atoms with Crippen molar-refractivity contribution in [3.63, 3.8) is 0 Å². The van der Waals surface area contributed by atoms with Gasteiger partial charge in [0.25, 0.3) is 5.91 Å². The molecular formula is C14H16ClN2O2S+. The number of anilines is 1. The molecule has 3 rings (SSSR count). The van der Waals surface area contributed by atoms with E-state index in [2.05, 4.69) is 0 Å². The van der Waals surface area contributed by atoms with E-state index in [-0.39, 0.29) is 17.9 Å². The quantitative estimate of drug-likeness (QED) is 0.814. The van der Waals surface area contributed by atoms with Crippen molar-refractivity contribution in [3.8, 4) is 0 Å². The van der Waals surface area contributed by atoms with Crippen molar-refractivity contribution in [2.45, 2.75) is 12.5 Å². The van der Waals surface area contributed by atoms with Crippen LogP contribution in [0.1, 0.15) is 6.42 Å². The van der Waals surface area contributed by atoms with Crippen LogP contribution in [0.15, 0.2) is 24.3 Å². The molecule has 0 unspecified atom stereocenters. The first kappa shape index (κ1) is 13.9. The molecule has 1 aromatic carbocycles. The lowest BCUT2D eigenvalue weighted by molar-refractivity contribution is -0.911. The monoisotopic (exact) mass is 311 g/mol. The Morgan fingerprint density at radius 3 is 2.45 bits per heavy atom. The highest BCUT2D eigenvalue weighted by molar-refractivity contribution is 7.99. The number of imide groups is 1. The van der Waals surface area contributed by atoms with Gasteiger partial charge in [-0.3, -0.25) is 9.59 Å². The smallest absolute Gasteiger partial charge is 0.292 e. The van der Waals surface area contributed by atoms with Crippen molar-refractivity contribution in [2.75, 3.05) is 29.5 Å². The number of quaternary nitrogens is 1. The fourth-order valence-electron chi connectivity index (χ4n) is 2.79. The van der Waals surface area contributed by atoms with Crippen molar-refractivity contribution < 1.29 is 14.5 Å². The predicted molar refractivity (Wildman–Crippen MR) is 80.4 cm³/mol. The van der Waals surface area contributed by atoms with Crippen molar-refractivity contribution in [3.05, 3.63) is 29.3 Å². The maximum Gasteiger partial charge on any atom is 0.292 e. The first-order valence-electron chi connectivity index (χ1n) is 6.71. The van der Waals surface area contributed by atoms with E-state index in [4.69, 9.17) is 11.6 Å². The molecule has 106 valence electrons. The molecule has 2 amide bonds. The normalized spacial score (nSPS) is 24.4. The second kappa shape index (κ2) is 5.76. The van der Waals surface area contributed by atoms with Crippen LogP contribution < -0.4 is 9.80 Å². The minimum absolute atomic E-state index is 0.0702. The molecule has 20 heavy (non-hydrogen) atoms. The number of hydrogen-bond acceptors (Lipinski definition) is 3. The molecular weight excluding hydrogens is 296 g/mol. The number of amides is 2. The van der Waals surface area contributed by atoms with E-state index in [0.717, 1.165) is 24.6 Å². The highest BCUT2D eigenvalue weighted by Crippen LogP contribution is 2.23. The molecule has 2 aliphatic heterocycles. The largest absolute Gasteiger partial charge is 0.323 e. The first-order valence-corrected chi connectivity index (χ1v) is 8.25. The van der Waals surface area contributed by atoms with Gasteiger partial charge in [0.15, 0.2) is 6.04 Å². The van der Waals surface area contributed by atoms with Crippen LogP contribution in [0.4, 0.5) is 5.69 Å². The summed E-state index contributed by atoms with van der Waals surface area (Å²) in [5.41, 5.74) is 0.623. The fraction of sp³-hybridized carbons (Fsp3) is 0.429. The highest BCUT2D eigenvalue weighted by atomic mass is 35.5. The summed E-state index contributed by atoms with van der Waals surface area (Å²) in [6, 6.07) is 6.65. The van der Waals surface area contributed by atoms with E-state index in [0.29, 0.717) is 17.1 Å². The molecule has 0 spiro atoms. The molecule has 1 aromatic rings. The Morgan fingerprint density at radius 1 is 1.15 bits per heavy atom. The number of nitrogens with zero attached hydrogens (tertiary/aromatic N) is 1. The lowest BCUT2D eigenvalue weighted by Crippen LogP contribution is -3.18. The van der Waals surface area contributed by atoms with Gasteiger partial charge in [0.1, 0.15) is 0 Å². The third-order valence-corrected chi connectivity index (χ3v) is 5.10. The SMILES string of the molecule is O=C1C[C@H]([NH+]2CCSCC2)C(=O)N1c1ccc(Cl)cc1. The van der Waals surface area contributed by atoms with E-state index < -0.39 is 0 Å². The zero-order valence-electron chi connectivity index (χ0n) is 11.0. The van der Waals surface area contributed by atoms with E-state index >= 15 is 0 Å². The number of thioether (sulfide) groups is 1. The Labute approximate surface area is 127 Å². The molecule has 2 aliphatic rings. The molecule has 0 aromatic heterocycles. The average molecular weight is 312 g/mol. The molecule has 6 heteroatoms. The Hall–Kier alpha value is -1.04. The number of carbonyl (C=O) groups is 2. The highest BCUT2D eigenvalue weighted by Gasteiger charge is 2.45. The van der Waals surface area contributed by atoms with E-state index in [1.807, 2.05) is 11.8 Å². The molecule has 0 saturated carbocycles. The fourth-order valence-corrected chi connectivity index (χ4v) is 3.94. The van der Waals surface area contributed by atoms with Gasteiger partial charge >= 0.3 is 0 Å². The molecule has 1 atom stereocenters. The van der Waals surface area contributed by atoms with Gasteiger partial charge in [-0.05, 0) is 24.3 Å². The molecule has 1 N–H and O–H groups in total. The summed E-state index contributed by atoms with van der Waals surface area (Å²) in [6.07, 6.45) is 0.321. The standard InChI is InChI=1S/C14H15ClN2O2S/c15-10-1-3-11(4-2-10)17-13(18)9-12(14(17)19)16-5-7-20-8-6-16/h1-4,12H,5-9H2/p+1/t12-/m0/s1. The topological polar surface area (TPSA) is 41.8 Å². The molecule has 4 nitrogen and oxygen atoms in total. The zero-order chi connectivity index (χ0) is 14.1. The van der Waals surface area contributed by atoms with Crippen LogP contribution in [-0.2, 0) is 9.59 Å². The Kier molecular flexibility index (Phi) is 4.01. The third kappa shape index (κ3) is 2.57. The van der Waals surface area contributed by atoms with Crippen LogP contribution in [0.5, 0.6) is 0 Å². The minimum Gasteiger partial charge on any atom is -0.323 e. The number of benzene rings is 1. The van der Waals surface area contributed by atoms with Gasteiger partial charge in [-0.25, -0.2) is 4.90 Å². The second-order valence-electron chi connectivity index (χ2n) is 5.07. The lowest BCUT2D eigenvalue weighted by atomic mass is 10.2. The molecule has 2 heterocycles. The van der Waals surface area contributed by atoms with Crippen LogP contribution in [0.2, 0.25) is 5.02 Å². The maximum absolute atomic E-state index is 12.5. The summed E-state index contributed by atoms with van der Waals surface area (Å²) in [6.45, 7) is 1.92. The molecule has 0 bridgehead atoms. The first-order chi connectivity index (χ1) is 9.66. The summed E-state index contributed by atoms with van der Waals surface area (Å²) < 4.78 is 0. The molecule has 0 aliphatic carbocycles. The van der Waals surface area contributed by atoms with Crippen molar-refractivity contribution in [1.82, 2.24) is 0 Å². The molecule has 2 fully saturated rings. The lowest BCUT2D eigenvalue weighted by Gasteiger charge is -2.27. The minimum atomic E-state index is -0.209. The van der Waals surface area contributed by atoms with Crippen LogP contribution in [0.25, 0.3) is 0 Å². The second-order valence-corrected chi connectivity index (χ2v) is 6.73. The van der Waals surface area contributed by atoms with Gasteiger partial charge in [0.2, 0.25) is 5.91 Å². The number of halogens is 1. The summed E-state index contributed by atoms with van der Waals surface area (Å²) >= 11 is 7.76. The number of rotatable bonds is 2. The Bertz CT molecular complexity index is 528. The van der Waals surface area contributed by atoms with Crippen molar-refractivity contribution in [2.24, 2.45) is 0 Å². The van der Waals surface area contributed by atoms with Gasteiger partial charge in [-0.2, -0.15) is 11.8 Å². The number of nitrogens with one attached hydrogen (secondary N) is 1. The Morgan fingerprint density at radius 2 is 1.80 bits per heavy atom. The van der Waals surface area contributed by atoms with E-state index in [9.17, 15) is 9.59 Å². The van der Waals surface area contributed by atoms with Gasteiger partial charge < -0.3 is 4.90 Å². The van der Waals surface area contributed by atoms with Crippen molar-refractivity contribution >= 4 is 40.9 Å².